The van der Waals surface area contributed by atoms with Gasteiger partial charge in [-0.05, 0) is 23.7 Å². The molecule has 20 heavy (non-hydrogen) atoms. The van der Waals surface area contributed by atoms with Gasteiger partial charge < -0.3 is 0 Å². The molecule has 0 radical (unpaired) electrons. The quantitative estimate of drug-likeness (QED) is 0.324. The van der Waals surface area contributed by atoms with E-state index in [9.17, 15) is 0 Å². The molecule has 0 aromatic rings. The third kappa shape index (κ3) is 26.1. The second-order valence-electron chi connectivity index (χ2n) is 7.33. The fourth-order valence-electron chi connectivity index (χ4n) is 1.68. The fourth-order valence-corrected chi connectivity index (χ4v) is 1.68. The summed E-state index contributed by atoms with van der Waals surface area (Å²) in [5.41, 5.74) is 0. The molecule has 0 aromatic carbocycles. The molecule has 0 bridgehead atoms. The molecule has 0 aliphatic heterocycles. The molecule has 0 aromatic heterocycles. The van der Waals surface area contributed by atoms with Crippen LogP contribution < -0.4 is 0 Å². The monoisotopic (exact) mass is 280 g/mol. The summed E-state index contributed by atoms with van der Waals surface area (Å²) in [6.45, 7) is 17.9. The summed E-state index contributed by atoms with van der Waals surface area (Å²) in [5, 5.41) is 0. The van der Waals surface area contributed by atoms with Crippen molar-refractivity contribution in [3.8, 4) is 0 Å². The Morgan fingerprint density at radius 3 is 1.05 bits per heavy atom. The van der Waals surface area contributed by atoms with Crippen molar-refractivity contribution >= 4 is 0 Å². The van der Waals surface area contributed by atoms with Crippen LogP contribution >= 0.6 is 0 Å². The second-order valence-corrected chi connectivity index (χ2v) is 7.33. The van der Waals surface area contributed by atoms with Crippen LogP contribution in [0.3, 0.4) is 0 Å². The summed E-state index contributed by atoms with van der Waals surface area (Å²) < 4.78 is 0. The van der Waals surface area contributed by atoms with Gasteiger partial charge in [0.15, 0.2) is 0 Å². The zero-order valence-electron chi connectivity index (χ0n) is 15.4. The van der Waals surface area contributed by atoms with Crippen molar-refractivity contribution in [2.45, 2.75) is 81.1 Å². The molecule has 0 saturated heterocycles. The molecular weight excluding hydrogens is 240 g/mol. The molecule has 0 atom stereocenters. The van der Waals surface area contributed by atoms with E-state index < -0.39 is 0 Å². The van der Waals surface area contributed by atoms with Crippen molar-refractivity contribution < 1.29 is 0 Å². The standard InChI is InChI=1S/C10H22.C10H18/c2*1-9(2)7-5-6-8-10(3)4/h9-10H,5-8H2,1-4H3;5-10H,1-4H3/b;7-5-,8-6-. The minimum atomic E-state index is 0.664. The molecule has 0 unspecified atom stereocenters. The highest BCUT2D eigenvalue weighted by molar-refractivity contribution is 5.04. The van der Waals surface area contributed by atoms with Crippen LogP contribution in [0.5, 0.6) is 0 Å². The van der Waals surface area contributed by atoms with E-state index in [2.05, 4.69) is 79.7 Å². The second kappa shape index (κ2) is 14.9. The predicted octanol–water partition coefficient (Wildman–Crippen LogP) is 7.27. The summed E-state index contributed by atoms with van der Waals surface area (Å²) >= 11 is 0. The van der Waals surface area contributed by atoms with Crippen molar-refractivity contribution in [3.63, 3.8) is 0 Å². The highest BCUT2D eigenvalue weighted by Crippen LogP contribution is 2.11. The van der Waals surface area contributed by atoms with Gasteiger partial charge in [0.2, 0.25) is 0 Å². The first-order chi connectivity index (χ1) is 9.25. The van der Waals surface area contributed by atoms with Gasteiger partial charge in [0, 0.05) is 0 Å². The maximum Gasteiger partial charge on any atom is -0.0287 e. The van der Waals surface area contributed by atoms with Crippen LogP contribution in [0, 0.1) is 23.7 Å². The smallest absolute Gasteiger partial charge is 0.0287 e. The SMILES string of the molecule is CC(C)/C=C\C=C/C(C)C.CC(C)CCCCC(C)C. The molecule has 0 saturated carbocycles. The predicted molar refractivity (Wildman–Crippen MR) is 96.1 cm³/mol. The molecule has 0 spiro atoms. The number of hydrogen-bond donors (Lipinski definition) is 0. The van der Waals surface area contributed by atoms with Gasteiger partial charge >= 0.3 is 0 Å². The molecule has 120 valence electrons. The molecule has 0 nitrogen and oxygen atoms in total. The van der Waals surface area contributed by atoms with E-state index in [-0.39, 0.29) is 0 Å². The Hall–Kier alpha value is -0.520. The Labute approximate surface area is 129 Å². The van der Waals surface area contributed by atoms with Crippen molar-refractivity contribution in [2.75, 3.05) is 0 Å². The average Bonchev–Trinajstić information content (AvgIpc) is 2.30. The summed E-state index contributed by atoms with van der Waals surface area (Å²) in [5.74, 6) is 3.12. The third-order valence-corrected chi connectivity index (χ3v) is 2.92. The number of allylic oxidation sites excluding steroid dienone is 4. The first-order valence-corrected chi connectivity index (χ1v) is 8.60. The zero-order chi connectivity index (χ0) is 16.0. The van der Waals surface area contributed by atoms with Crippen LogP contribution in [0.2, 0.25) is 0 Å². The van der Waals surface area contributed by atoms with E-state index in [1.807, 2.05) is 0 Å². The van der Waals surface area contributed by atoms with E-state index in [4.69, 9.17) is 0 Å². The lowest BCUT2D eigenvalue weighted by Gasteiger charge is -2.05. The van der Waals surface area contributed by atoms with Crippen molar-refractivity contribution in [3.05, 3.63) is 24.3 Å². The third-order valence-electron chi connectivity index (χ3n) is 2.92. The lowest BCUT2D eigenvalue weighted by molar-refractivity contribution is 0.483. The maximum atomic E-state index is 2.30. The Morgan fingerprint density at radius 2 is 0.850 bits per heavy atom. The van der Waals surface area contributed by atoms with Crippen LogP contribution in [0.25, 0.3) is 0 Å². The molecule has 0 rings (SSSR count). The Morgan fingerprint density at radius 1 is 0.550 bits per heavy atom. The van der Waals surface area contributed by atoms with E-state index in [1.54, 1.807) is 0 Å². The van der Waals surface area contributed by atoms with E-state index in [1.165, 1.54) is 25.7 Å². The van der Waals surface area contributed by atoms with Gasteiger partial charge in [0.25, 0.3) is 0 Å². The molecule has 0 heteroatoms. The van der Waals surface area contributed by atoms with E-state index in [0.717, 1.165) is 11.8 Å². The first kappa shape index (κ1) is 21.8. The lowest BCUT2D eigenvalue weighted by Crippen LogP contribution is -1.90. The number of hydrogen-bond acceptors (Lipinski definition) is 0. The summed E-state index contributed by atoms with van der Waals surface area (Å²) in [7, 11) is 0. The van der Waals surface area contributed by atoms with Crippen LogP contribution in [-0.2, 0) is 0 Å². The molecule has 0 fully saturated rings. The van der Waals surface area contributed by atoms with Gasteiger partial charge in [-0.25, -0.2) is 0 Å². The minimum absolute atomic E-state index is 0.664. The number of unbranched alkanes of at least 4 members (excludes halogenated alkanes) is 1. The van der Waals surface area contributed by atoms with Crippen LogP contribution in [-0.4, -0.2) is 0 Å². The summed E-state index contributed by atoms with van der Waals surface area (Å²) in [4.78, 5) is 0. The Kier molecular flexibility index (Phi) is 16.2. The largest absolute Gasteiger partial charge is 0.0820 e. The maximum absolute atomic E-state index is 2.30. The Balaban J connectivity index is 0. The van der Waals surface area contributed by atoms with Crippen molar-refractivity contribution in [2.24, 2.45) is 23.7 Å². The van der Waals surface area contributed by atoms with E-state index >= 15 is 0 Å². The van der Waals surface area contributed by atoms with Gasteiger partial charge in [-0.2, -0.15) is 0 Å². The fraction of sp³-hybridized carbons (Fsp3) is 0.800. The molecule has 0 N–H and O–H groups in total. The van der Waals surface area contributed by atoms with Crippen LogP contribution in [0.15, 0.2) is 24.3 Å². The van der Waals surface area contributed by atoms with Gasteiger partial charge in [0.1, 0.15) is 0 Å². The van der Waals surface area contributed by atoms with Gasteiger partial charge in [0.05, 0.1) is 0 Å². The average molecular weight is 281 g/mol. The molecule has 0 heterocycles. The van der Waals surface area contributed by atoms with Crippen LogP contribution in [0.4, 0.5) is 0 Å². The summed E-state index contributed by atoms with van der Waals surface area (Å²) in [6, 6.07) is 0. The minimum Gasteiger partial charge on any atom is -0.0820 e. The molecule has 0 aliphatic rings. The zero-order valence-corrected chi connectivity index (χ0v) is 15.4. The molecular formula is C20H40. The highest BCUT2D eigenvalue weighted by Gasteiger charge is 1.95. The summed E-state index contributed by atoms with van der Waals surface area (Å²) in [6.07, 6.45) is 14.3. The van der Waals surface area contributed by atoms with Gasteiger partial charge in [-0.1, -0.05) is 105 Å². The topological polar surface area (TPSA) is 0 Å². The highest BCUT2D eigenvalue weighted by atomic mass is 14.0. The van der Waals surface area contributed by atoms with Gasteiger partial charge in [-0.3, -0.25) is 0 Å². The number of rotatable bonds is 8. The lowest BCUT2D eigenvalue weighted by atomic mass is 10.0. The Bertz CT molecular complexity index is 202. The molecule has 0 aliphatic carbocycles. The van der Waals surface area contributed by atoms with E-state index in [0.29, 0.717) is 11.8 Å². The van der Waals surface area contributed by atoms with Crippen LogP contribution in [0.1, 0.15) is 81.1 Å². The van der Waals surface area contributed by atoms with Crippen molar-refractivity contribution in [1.82, 2.24) is 0 Å². The normalized spacial score (nSPS) is 12.2. The molecule has 0 amide bonds. The van der Waals surface area contributed by atoms with Gasteiger partial charge in [-0.15, -0.1) is 0 Å². The van der Waals surface area contributed by atoms with Crippen molar-refractivity contribution in [1.29, 1.82) is 0 Å². The first-order valence-electron chi connectivity index (χ1n) is 8.60.